The van der Waals surface area contributed by atoms with Crippen molar-refractivity contribution in [2.75, 3.05) is 7.11 Å². The van der Waals surface area contributed by atoms with Crippen LogP contribution in [0.3, 0.4) is 0 Å². The molecule has 2 heterocycles. The molecule has 1 unspecified atom stereocenters. The summed E-state index contributed by atoms with van der Waals surface area (Å²) in [5.41, 5.74) is 2.82. The van der Waals surface area contributed by atoms with E-state index in [4.69, 9.17) is 10.6 Å². The fourth-order valence-corrected chi connectivity index (χ4v) is 2.56. The molecule has 0 bridgehead atoms. The predicted molar refractivity (Wildman–Crippen MR) is 67.8 cm³/mol. The number of aryl methyl sites for hydroxylation is 1. The van der Waals surface area contributed by atoms with E-state index in [1.54, 1.807) is 24.6 Å². The maximum atomic E-state index is 5.60. The molecular weight excluding hydrogens is 236 g/mol. The Morgan fingerprint density at radius 2 is 2.47 bits per heavy atom. The van der Waals surface area contributed by atoms with Crippen LogP contribution in [0.2, 0.25) is 0 Å². The lowest BCUT2D eigenvalue weighted by molar-refractivity contribution is 0.415. The van der Waals surface area contributed by atoms with Crippen molar-refractivity contribution >= 4 is 11.3 Å². The number of rotatable bonds is 5. The van der Waals surface area contributed by atoms with E-state index >= 15 is 0 Å². The van der Waals surface area contributed by atoms with Crippen LogP contribution < -0.4 is 16.0 Å². The van der Waals surface area contributed by atoms with Crippen LogP contribution in [0.5, 0.6) is 5.75 Å². The first kappa shape index (κ1) is 12.1. The van der Waals surface area contributed by atoms with Gasteiger partial charge in [-0.1, -0.05) is 0 Å². The summed E-state index contributed by atoms with van der Waals surface area (Å²) in [5, 5.41) is 1.97. The SMILES string of the molecule is COc1csc(C(Cc2nccn2C)NN)c1. The summed E-state index contributed by atoms with van der Waals surface area (Å²) >= 11 is 1.63. The van der Waals surface area contributed by atoms with E-state index in [2.05, 4.69) is 10.4 Å². The van der Waals surface area contributed by atoms with Gasteiger partial charge in [-0.15, -0.1) is 11.3 Å². The summed E-state index contributed by atoms with van der Waals surface area (Å²) in [4.78, 5) is 5.44. The van der Waals surface area contributed by atoms with Gasteiger partial charge in [-0.2, -0.15) is 0 Å². The van der Waals surface area contributed by atoms with Gasteiger partial charge in [0.1, 0.15) is 11.6 Å². The summed E-state index contributed by atoms with van der Waals surface area (Å²) < 4.78 is 7.16. The molecule has 0 aliphatic rings. The van der Waals surface area contributed by atoms with Crippen molar-refractivity contribution in [1.82, 2.24) is 15.0 Å². The third kappa shape index (κ3) is 2.66. The fourth-order valence-electron chi connectivity index (χ4n) is 1.64. The highest BCUT2D eigenvalue weighted by atomic mass is 32.1. The van der Waals surface area contributed by atoms with Gasteiger partial charge in [0.25, 0.3) is 0 Å². The standard InChI is InChI=1S/C11H16N4OS/c1-15-4-3-13-11(15)6-9(14-12)10-5-8(16-2)7-17-10/h3-5,7,9,14H,6,12H2,1-2H3. The third-order valence-electron chi connectivity index (χ3n) is 2.68. The number of imidazole rings is 1. The number of hydrogen-bond donors (Lipinski definition) is 2. The van der Waals surface area contributed by atoms with Gasteiger partial charge in [-0.3, -0.25) is 11.3 Å². The van der Waals surface area contributed by atoms with Gasteiger partial charge in [0.15, 0.2) is 0 Å². The van der Waals surface area contributed by atoms with Crippen LogP contribution >= 0.6 is 11.3 Å². The number of thiophene rings is 1. The molecule has 0 spiro atoms. The minimum atomic E-state index is 0.0602. The van der Waals surface area contributed by atoms with Crippen molar-refractivity contribution < 1.29 is 4.74 Å². The lowest BCUT2D eigenvalue weighted by Gasteiger charge is -2.13. The smallest absolute Gasteiger partial charge is 0.129 e. The Bertz CT molecular complexity index is 479. The zero-order valence-electron chi connectivity index (χ0n) is 9.88. The second-order valence-electron chi connectivity index (χ2n) is 3.77. The molecule has 0 fully saturated rings. The van der Waals surface area contributed by atoms with Crippen LogP contribution in [0.25, 0.3) is 0 Å². The Morgan fingerprint density at radius 3 is 3.00 bits per heavy atom. The first-order valence-corrected chi connectivity index (χ1v) is 6.17. The van der Waals surface area contributed by atoms with Gasteiger partial charge < -0.3 is 9.30 Å². The first-order chi connectivity index (χ1) is 8.24. The van der Waals surface area contributed by atoms with Crippen molar-refractivity contribution in [2.45, 2.75) is 12.5 Å². The normalized spacial score (nSPS) is 12.6. The van der Waals surface area contributed by atoms with Crippen molar-refractivity contribution in [2.24, 2.45) is 12.9 Å². The average molecular weight is 252 g/mol. The molecule has 0 saturated heterocycles. The van der Waals surface area contributed by atoms with Crippen LogP contribution in [0, 0.1) is 0 Å². The molecular formula is C11H16N4OS. The van der Waals surface area contributed by atoms with E-state index in [0.717, 1.165) is 22.9 Å². The lowest BCUT2D eigenvalue weighted by atomic mass is 10.1. The average Bonchev–Trinajstić information content (AvgIpc) is 2.95. The predicted octanol–water partition coefficient (Wildman–Crippen LogP) is 1.24. The third-order valence-corrected chi connectivity index (χ3v) is 3.71. The molecule has 0 aromatic carbocycles. The Morgan fingerprint density at radius 1 is 1.65 bits per heavy atom. The summed E-state index contributed by atoms with van der Waals surface area (Å²) in [6, 6.07) is 2.06. The van der Waals surface area contributed by atoms with Crippen molar-refractivity contribution in [3.8, 4) is 5.75 Å². The number of hydrazine groups is 1. The zero-order chi connectivity index (χ0) is 12.3. The van der Waals surface area contributed by atoms with Gasteiger partial charge in [0.2, 0.25) is 0 Å². The maximum Gasteiger partial charge on any atom is 0.129 e. The van der Waals surface area contributed by atoms with E-state index in [0.29, 0.717) is 0 Å². The van der Waals surface area contributed by atoms with E-state index in [1.807, 2.05) is 29.3 Å². The van der Waals surface area contributed by atoms with Gasteiger partial charge in [-0.25, -0.2) is 4.98 Å². The molecule has 1 atom stereocenters. The van der Waals surface area contributed by atoms with Gasteiger partial charge in [0, 0.05) is 36.1 Å². The maximum absolute atomic E-state index is 5.60. The number of ether oxygens (including phenoxy) is 1. The molecule has 5 nitrogen and oxygen atoms in total. The molecule has 2 rings (SSSR count). The molecule has 0 aliphatic carbocycles. The number of nitrogens with one attached hydrogen (secondary N) is 1. The molecule has 2 aromatic heterocycles. The minimum absolute atomic E-state index is 0.0602. The van der Waals surface area contributed by atoms with Crippen molar-refractivity contribution in [3.05, 3.63) is 34.5 Å². The molecule has 0 aliphatic heterocycles. The minimum Gasteiger partial charge on any atom is -0.496 e. The number of nitrogens with zero attached hydrogens (tertiary/aromatic N) is 2. The first-order valence-electron chi connectivity index (χ1n) is 5.29. The van der Waals surface area contributed by atoms with E-state index in [-0.39, 0.29) is 6.04 Å². The Labute approximate surface area is 104 Å². The van der Waals surface area contributed by atoms with E-state index in [9.17, 15) is 0 Å². The topological polar surface area (TPSA) is 65.1 Å². The molecule has 0 radical (unpaired) electrons. The highest BCUT2D eigenvalue weighted by Crippen LogP contribution is 2.28. The van der Waals surface area contributed by atoms with E-state index < -0.39 is 0 Å². The number of hydrogen-bond acceptors (Lipinski definition) is 5. The Balaban J connectivity index is 2.14. The molecule has 3 N–H and O–H groups in total. The van der Waals surface area contributed by atoms with Gasteiger partial charge in [0.05, 0.1) is 13.2 Å². The second-order valence-corrected chi connectivity index (χ2v) is 4.71. The molecule has 0 saturated carbocycles. The van der Waals surface area contributed by atoms with Crippen molar-refractivity contribution in [1.29, 1.82) is 0 Å². The van der Waals surface area contributed by atoms with Crippen LogP contribution in [0.1, 0.15) is 16.7 Å². The van der Waals surface area contributed by atoms with Crippen LogP contribution in [0.15, 0.2) is 23.8 Å². The van der Waals surface area contributed by atoms with Crippen LogP contribution in [-0.4, -0.2) is 16.7 Å². The highest BCUT2D eigenvalue weighted by molar-refractivity contribution is 7.10. The van der Waals surface area contributed by atoms with Crippen molar-refractivity contribution in [3.63, 3.8) is 0 Å². The lowest BCUT2D eigenvalue weighted by Crippen LogP contribution is -2.29. The second kappa shape index (κ2) is 5.31. The summed E-state index contributed by atoms with van der Waals surface area (Å²) in [6.07, 6.45) is 4.47. The monoisotopic (exact) mass is 252 g/mol. The molecule has 6 heteroatoms. The molecule has 17 heavy (non-hydrogen) atoms. The van der Waals surface area contributed by atoms with Crippen LogP contribution in [0.4, 0.5) is 0 Å². The van der Waals surface area contributed by atoms with Gasteiger partial charge >= 0.3 is 0 Å². The molecule has 2 aromatic rings. The van der Waals surface area contributed by atoms with E-state index in [1.165, 1.54) is 0 Å². The number of aromatic nitrogens is 2. The molecule has 92 valence electrons. The molecule has 0 amide bonds. The number of nitrogens with two attached hydrogens (primary N) is 1. The van der Waals surface area contributed by atoms with Gasteiger partial charge in [-0.05, 0) is 6.07 Å². The number of methoxy groups -OCH3 is 1. The Hall–Kier alpha value is -1.37. The zero-order valence-corrected chi connectivity index (χ0v) is 10.7. The Kier molecular flexibility index (Phi) is 3.78. The summed E-state index contributed by atoms with van der Waals surface area (Å²) in [5.74, 6) is 7.47. The largest absolute Gasteiger partial charge is 0.496 e. The summed E-state index contributed by atoms with van der Waals surface area (Å²) in [6.45, 7) is 0. The summed E-state index contributed by atoms with van der Waals surface area (Å²) in [7, 11) is 3.64. The fraction of sp³-hybridized carbons (Fsp3) is 0.364. The van der Waals surface area contributed by atoms with Crippen LogP contribution in [-0.2, 0) is 13.5 Å². The quantitative estimate of drug-likeness (QED) is 0.620. The highest BCUT2D eigenvalue weighted by Gasteiger charge is 2.15.